The van der Waals surface area contributed by atoms with Gasteiger partial charge in [-0.3, -0.25) is 5.32 Å². The Hall–Kier alpha value is -1.64. The largest absolute Gasteiger partial charge is 0.309 e. The summed E-state index contributed by atoms with van der Waals surface area (Å²) in [6, 6.07) is 17.7. The summed E-state index contributed by atoms with van der Waals surface area (Å²) in [5, 5.41) is 3.74. The molecule has 4 rings (SSSR count). The van der Waals surface area contributed by atoms with Crippen LogP contribution in [0.3, 0.4) is 0 Å². The third-order valence-corrected chi connectivity index (χ3v) is 4.85. The van der Waals surface area contributed by atoms with Gasteiger partial charge >= 0.3 is 0 Å². The molecule has 0 heterocycles. The van der Waals surface area contributed by atoms with Crippen molar-refractivity contribution in [2.75, 3.05) is 0 Å². The molecule has 0 unspecified atom stereocenters. The highest BCUT2D eigenvalue weighted by Gasteiger charge is 2.37. The summed E-state index contributed by atoms with van der Waals surface area (Å²) in [6.45, 7) is 0. The number of hydrogen-bond acceptors (Lipinski definition) is 2. The molecule has 2 atom stereocenters. The molecule has 0 bridgehead atoms. The summed E-state index contributed by atoms with van der Waals surface area (Å²) in [5.41, 5.74) is 11.9. The van der Waals surface area contributed by atoms with Crippen molar-refractivity contribution in [2.45, 2.75) is 37.4 Å². The van der Waals surface area contributed by atoms with Crippen LogP contribution in [-0.2, 0) is 18.5 Å². The Labute approximate surface area is 120 Å². The first kappa shape index (κ1) is 12.1. The molecule has 2 nitrogen and oxygen atoms in total. The van der Waals surface area contributed by atoms with Crippen molar-refractivity contribution in [3.63, 3.8) is 0 Å². The van der Waals surface area contributed by atoms with E-state index < -0.39 is 0 Å². The molecule has 0 saturated heterocycles. The fraction of sp³-hybridized carbons (Fsp3) is 0.333. The van der Waals surface area contributed by atoms with Crippen molar-refractivity contribution in [1.29, 1.82) is 0 Å². The first-order valence-electron chi connectivity index (χ1n) is 7.49. The standard InChI is InChI=1S/C18H20N2/c19-18(12-11-14-6-2-4-8-16(14)18)20-17-10-9-13-5-1-3-7-15(13)17/h1-8,17,20H,9-12,19H2/t17-,18+/m1/s1. The third-order valence-electron chi connectivity index (χ3n) is 4.85. The molecule has 2 aliphatic rings. The highest BCUT2D eigenvalue weighted by Crippen LogP contribution is 2.38. The van der Waals surface area contributed by atoms with E-state index in [9.17, 15) is 0 Å². The van der Waals surface area contributed by atoms with Gasteiger partial charge < -0.3 is 5.73 Å². The van der Waals surface area contributed by atoms with Gasteiger partial charge in [-0.2, -0.15) is 0 Å². The molecule has 2 aromatic rings. The van der Waals surface area contributed by atoms with Gasteiger partial charge in [0.05, 0.1) is 5.66 Å². The molecule has 3 N–H and O–H groups in total. The zero-order valence-electron chi connectivity index (χ0n) is 11.6. The SMILES string of the molecule is N[C@]1(N[C@@H]2CCc3ccccc32)CCc2ccccc21. The minimum atomic E-state index is -0.362. The van der Waals surface area contributed by atoms with Crippen molar-refractivity contribution in [3.8, 4) is 0 Å². The maximum absolute atomic E-state index is 6.70. The van der Waals surface area contributed by atoms with Gasteiger partial charge in [-0.25, -0.2) is 0 Å². The summed E-state index contributed by atoms with van der Waals surface area (Å²) in [4.78, 5) is 0. The van der Waals surface area contributed by atoms with E-state index in [-0.39, 0.29) is 5.66 Å². The van der Waals surface area contributed by atoms with Gasteiger partial charge in [0, 0.05) is 6.04 Å². The van der Waals surface area contributed by atoms with E-state index in [1.165, 1.54) is 22.3 Å². The van der Waals surface area contributed by atoms with Gasteiger partial charge in [0.2, 0.25) is 0 Å². The molecule has 0 aliphatic heterocycles. The Kier molecular flexibility index (Phi) is 2.69. The van der Waals surface area contributed by atoms with Gasteiger partial charge in [0.15, 0.2) is 0 Å². The molecule has 102 valence electrons. The Morgan fingerprint density at radius 3 is 2.60 bits per heavy atom. The van der Waals surface area contributed by atoms with E-state index in [2.05, 4.69) is 53.8 Å². The summed E-state index contributed by atoms with van der Waals surface area (Å²) >= 11 is 0. The first-order valence-corrected chi connectivity index (χ1v) is 7.49. The fourth-order valence-electron chi connectivity index (χ4n) is 3.81. The van der Waals surface area contributed by atoms with Crippen molar-refractivity contribution < 1.29 is 0 Å². The van der Waals surface area contributed by atoms with Crippen molar-refractivity contribution >= 4 is 0 Å². The molecule has 0 aromatic heterocycles. The third kappa shape index (κ3) is 1.80. The molecular formula is C18H20N2. The van der Waals surface area contributed by atoms with E-state index in [1.807, 2.05) is 0 Å². The summed E-state index contributed by atoms with van der Waals surface area (Å²) in [6.07, 6.45) is 4.38. The molecule has 2 aliphatic carbocycles. The van der Waals surface area contributed by atoms with E-state index in [4.69, 9.17) is 5.73 Å². The van der Waals surface area contributed by atoms with Crippen LogP contribution in [0.4, 0.5) is 0 Å². The Balaban J connectivity index is 1.65. The maximum Gasteiger partial charge on any atom is 0.0935 e. The molecule has 2 aromatic carbocycles. The molecule has 0 spiro atoms. The molecule has 0 fully saturated rings. The van der Waals surface area contributed by atoms with Crippen molar-refractivity contribution in [2.24, 2.45) is 5.73 Å². The van der Waals surface area contributed by atoms with Crippen LogP contribution in [0.1, 0.15) is 41.1 Å². The quantitative estimate of drug-likeness (QED) is 0.818. The molecule has 20 heavy (non-hydrogen) atoms. The fourth-order valence-corrected chi connectivity index (χ4v) is 3.81. The zero-order chi connectivity index (χ0) is 13.6. The van der Waals surface area contributed by atoms with Gasteiger partial charge in [-0.15, -0.1) is 0 Å². The van der Waals surface area contributed by atoms with Gasteiger partial charge in [0.25, 0.3) is 0 Å². The molecule has 0 radical (unpaired) electrons. The average Bonchev–Trinajstić information content (AvgIpc) is 3.03. The van der Waals surface area contributed by atoms with E-state index in [0.717, 1.165) is 25.7 Å². The lowest BCUT2D eigenvalue weighted by Gasteiger charge is -2.31. The number of nitrogens with two attached hydrogens (primary N) is 1. The first-order chi connectivity index (χ1) is 9.76. The highest BCUT2D eigenvalue weighted by molar-refractivity contribution is 5.40. The van der Waals surface area contributed by atoms with Gasteiger partial charge in [-0.05, 0) is 47.9 Å². The van der Waals surface area contributed by atoms with Crippen LogP contribution in [0.15, 0.2) is 48.5 Å². The minimum Gasteiger partial charge on any atom is -0.309 e. The highest BCUT2D eigenvalue weighted by atomic mass is 15.1. The Morgan fingerprint density at radius 1 is 0.950 bits per heavy atom. The molecule has 0 amide bonds. The summed E-state index contributed by atoms with van der Waals surface area (Å²) in [7, 11) is 0. The molecular weight excluding hydrogens is 244 g/mol. The van der Waals surface area contributed by atoms with Crippen LogP contribution < -0.4 is 11.1 Å². The van der Waals surface area contributed by atoms with Crippen LogP contribution in [0.2, 0.25) is 0 Å². The Bertz CT molecular complexity index is 649. The second-order valence-electron chi connectivity index (χ2n) is 6.06. The normalized spacial score (nSPS) is 27.4. The lowest BCUT2D eigenvalue weighted by molar-refractivity contribution is 0.296. The van der Waals surface area contributed by atoms with Crippen LogP contribution in [0, 0.1) is 0 Å². The molecule has 0 saturated carbocycles. The molecule has 2 heteroatoms. The topological polar surface area (TPSA) is 38.0 Å². The smallest absolute Gasteiger partial charge is 0.0935 e. The summed E-state index contributed by atoms with van der Waals surface area (Å²) in [5.74, 6) is 0. The maximum atomic E-state index is 6.70. The summed E-state index contributed by atoms with van der Waals surface area (Å²) < 4.78 is 0. The van der Waals surface area contributed by atoms with Crippen LogP contribution in [-0.4, -0.2) is 0 Å². The van der Waals surface area contributed by atoms with Gasteiger partial charge in [-0.1, -0.05) is 48.5 Å². The van der Waals surface area contributed by atoms with Crippen LogP contribution in [0.5, 0.6) is 0 Å². The predicted octanol–water partition coefficient (Wildman–Crippen LogP) is 3.02. The minimum absolute atomic E-state index is 0.362. The second-order valence-corrected chi connectivity index (χ2v) is 6.06. The van der Waals surface area contributed by atoms with Crippen LogP contribution in [0.25, 0.3) is 0 Å². The monoisotopic (exact) mass is 264 g/mol. The lowest BCUT2D eigenvalue weighted by atomic mass is 9.99. The van der Waals surface area contributed by atoms with E-state index in [1.54, 1.807) is 0 Å². The number of hydrogen-bond donors (Lipinski definition) is 2. The van der Waals surface area contributed by atoms with Gasteiger partial charge in [0.1, 0.15) is 0 Å². The number of aryl methyl sites for hydroxylation is 2. The number of rotatable bonds is 2. The average molecular weight is 264 g/mol. The lowest BCUT2D eigenvalue weighted by Crippen LogP contribution is -2.49. The number of fused-ring (bicyclic) bond motifs is 2. The second kappa shape index (κ2) is 4.44. The number of benzene rings is 2. The van der Waals surface area contributed by atoms with E-state index >= 15 is 0 Å². The predicted molar refractivity (Wildman–Crippen MR) is 81.3 cm³/mol. The van der Waals surface area contributed by atoms with Crippen molar-refractivity contribution in [1.82, 2.24) is 5.32 Å². The zero-order valence-corrected chi connectivity index (χ0v) is 11.6. The Morgan fingerprint density at radius 2 is 1.70 bits per heavy atom. The van der Waals surface area contributed by atoms with Crippen molar-refractivity contribution in [3.05, 3.63) is 70.8 Å². The van der Waals surface area contributed by atoms with E-state index in [0.29, 0.717) is 6.04 Å². The van der Waals surface area contributed by atoms with Crippen LogP contribution >= 0.6 is 0 Å². The number of nitrogens with one attached hydrogen (secondary N) is 1.